The van der Waals surface area contributed by atoms with Crippen LogP contribution in [-0.4, -0.2) is 15.0 Å². The molecule has 4 nitrogen and oxygen atoms in total. The van der Waals surface area contributed by atoms with Crippen LogP contribution < -0.4 is 0 Å². The van der Waals surface area contributed by atoms with Crippen LogP contribution in [0.15, 0.2) is 126 Å². The van der Waals surface area contributed by atoms with Crippen LogP contribution in [0.2, 0.25) is 5.02 Å². The molecule has 6 aromatic carbocycles. The van der Waals surface area contributed by atoms with Gasteiger partial charge in [-0.3, -0.25) is 0 Å². The highest BCUT2D eigenvalue weighted by molar-refractivity contribution is 6.34. The predicted octanol–water partition coefficient (Wildman–Crippen LogP) is 9.73. The van der Waals surface area contributed by atoms with Gasteiger partial charge in [0.15, 0.2) is 17.5 Å². The van der Waals surface area contributed by atoms with Crippen molar-refractivity contribution in [3.8, 4) is 34.2 Å². The molecule has 0 spiro atoms. The summed E-state index contributed by atoms with van der Waals surface area (Å²) in [7, 11) is 0. The number of fused-ring (bicyclic) bond motifs is 6. The van der Waals surface area contributed by atoms with Gasteiger partial charge in [-0.15, -0.1) is 0 Å². The number of para-hydroxylation sites is 1. The molecule has 0 N–H and O–H groups in total. The lowest BCUT2D eigenvalue weighted by molar-refractivity contribution is 0.669. The highest BCUT2D eigenvalue weighted by Crippen LogP contribution is 2.38. The van der Waals surface area contributed by atoms with Crippen LogP contribution in [0, 0.1) is 0 Å². The molecule has 0 aliphatic heterocycles. The molecular formula is C35H20ClN3O. The van der Waals surface area contributed by atoms with E-state index in [0.717, 1.165) is 54.8 Å². The van der Waals surface area contributed by atoms with Gasteiger partial charge in [0.25, 0.3) is 0 Å². The highest BCUT2D eigenvalue weighted by Gasteiger charge is 2.19. The summed E-state index contributed by atoms with van der Waals surface area (Å²) in [5.41, 5.74) is 4.12. The van der Waals surface area contributed by atoms with Gasteiger partial charge in [-0.2, -0.15) is 0 Å². The van der Waals surface area contributed by atoms with E-state index in [1.165, 1.54) is 5.39 Å². The number of furan rings is 1. The zero-order valence-electron chi connectivity index (χ0n) is 21.2. The largest absolute Gasteiger partial charge is 0.456 e. The summed E-state index contributed by atoms with van der Waals surface area (Å²) < 4.78 is 6.06. The first-order valence-corrected chi connectivity index (χ1v) is 13.4. The third-order valence-corrected chi connectivity index (χ3v) is 7.70. The van der Waals surface area contributed by atoms with Crippen LogP contribution in [0.3, 0.4) is 0 Å². The number of halogens is 1. The van der Waals surface area contributed by atoms with Crippen molar-refractivity contribution in [1.82, 2.24) is 15.0 Å². The van der Waals surface area contributed by atoms with E-state index < -0.39 is 0 Å². The Morgan fingerprint density at radius 1 is 0.450 bits per heavy atom. The fraction of sp³-hybridized carbons (Fsp3) is 0. The van der Waals surface area contributed by atoms with Crippen molar-refractivity contribution in [2.45, 2.75) is 0 Å². The molecule has 5 heteroatoms. The molecule has 0 saturated heterocycles. The van der Waals surface area contributed by atoms with Gasteiger partial charge in [0, 0.05) is 33.5 Å². The number of nitrogens with zero attached hydrogens (tertiary/aromatic N) is 3. The minimum Gasteiger partial charge on any atom is -0.456 e. The Labute approximate surface area is 234 Å². The maximum atomic E-state index is 6.87. The fourth-order valence-electron chi connectivity index (χ4n) is 5.49. The van der Waals surface area contributed by atoms with Gasteiger partial charge >= 0.3 is 0 Å². The SMILES string of the molecule is Clc1cc2oc3ccccc3c2cc1-c1nc(-c2ccccc2)nc(-c2cc3ccccc3c3ccccc23)n1. The Morgan fingerprint density at radius 2 is 1.07 bits per heavy atom. The third kappa shape index (κ3) is 3.65. The smallest absolute Gasteiger partial charge is 0.165 e. The van der Waals surface area contributed by atoms with Gasteiger partial charge in [0.2, 0.25) is 0 Å². The first-order chi connectivity index (χ1) is 19.7. The van der Waals surface area contributed by atoms with Crippen molar-refractivity contribution in [2.24, 2.45) is 0 Å². The zero-order valence-corrected chi connectivity index (χ0v) is 21.9. The first-order valence-electron chi connectivity index (χ1n) is 13.1. The number of aromatic nitrogens is 3. The first kappa shape index (κ1) is 22.9. The minimum absolute atomic E-state index is 0.512. The van der Waals surface area contributed by atoms with Crippen molar-refractivity contribution >= 4 is 55.1 Å². The molecule has 8 aromatic rings. The Kier molecular flexibility index (Phi) is 5.15. The average molecular weight is 534 g/mol. The summed E-state index contributed by atoms with van der Waals surface area (Å²) in [6.45, 7) is 0. The van der Waals surface area contributed by atoms with Crippen molar-refractivity contribution < 1.29 is 4.42 Å². The van der Waals surface area contributed by atoms with Crippen molar-refractivity contribution in [2.75, 3.05) is 0 Å². The number of hydrogen-bond donors (Lipinski definition) is 0. The lowest BCUT2D eigenvalue weighted by atomic mass is 9.97. The second-order valence-electron chi connectivity index (χ2n) is 9.79. The summed E-state index contributed by atoms with van der Waals surface area (Å²) in [6, 6.07) is 40.8. The summed E-state index contributed by atoms with van der Waals surface area (Å²) in [6.07, 6.45) is 0. The maximum absolute atomic E-state index is 6.87. The van der Waals surface area contributed by atoms with Crippen LogP contribution in [-0.2, 0) is 0 Å². The molecule has 0 unspecified atom stereocenters. The van der Waals surface area contributed by atoms with Gasteiger partial charge in [-0.25, -0.2) is 15.0 Å². The monoisotopic (exact) mass is 533 g/mol. The molecule has 0 amide bonds. The van der Waals surface area contributed by atoms with Crippen LogP contribution in [0.25, 0.3) is 77.6 Å². The van der Waals surface area contributed by atoms with E-state index in [2.05, 4.69) is 54.6 Å². The lowest BCUT2D eigenvalue weighted by Crippen LogP contribution is -2.01. The molecule has 40 heavy (non-hydrogen) atoms. The van der Waals surface area contributed by atoms with Crippen molar-refractivity contribution in [3.05, 3.63) is 126 Å². The predicted molar refractivity (Wildman–Crippen MR) is 163 cm³/mol. The summed E-state index contributed by atoms with van der Waals surface area (Å²) in [5, 5.41) is 7.07. The maximum Gasteiger partial charge on any atom is 0.165 e. The van der Waals surface area contributed by atoms with Crippen molar-refractivity contribution in [1.29, 1.82) is 0 Å². The number of rotatable bonds is 3. The van der Waals surface area contributed by atoms with E-state index in [0.29, 0.717) is 22.5 Å². The minimum atomic E-state index is 0.512. The lowest BCUT2D eigenvalue weighted by Gasteiger charge is -2.13. The summed E-state index contributed by atoms with van der Waals surface area (Å²) in [5.74, 6) is 1.70. The molecule has 0 atom stereocenters. The Hall–Kier alpha value is -5.06. The van der Waals surface area contributed by atoms with Crippen LogP contribution in [0.5, 0.6) is 0 Å². The molecule has 8 rings (SSSR count). The molecule has 0 aliphatic carbocycles. The van der Waals surface area contributed by atoms with E-state index in [4.69, 9.17) is 31.0 Å². The average Bonchev–Trinajstić information content (AvgIpc) is 3.37. The van der Waals surface area contributed by atoms with E-state index in [9.17, 15) is 0 Å². The normalized spacial score (nSPS) is 11.6. The zero-order chi connectivity index (χ0) is 26.6. The van der Waals surface area contributed by atoms with E-state index >= 15 is 0 Å². The van der Waals surface area contributed by atoms with Gasteiger partial charge in [-0.1, -0.05) is 109 Å². The van der Waals surface area contributed by atoms with Crippen LogP contribution in [0.4, 0.5) is 0 Å². The molecule has 188 valence electrons. The molecule has 0 radical (unpaired) electrons. The molecule has 0 aliphatic rings. The molecule has 0 saturated carbocycles. The highest BCUT2D eigenvalue weighted by atomic mass is 35.5. The number of hydrogen-bond acceptors (Lipinski definition) is 4. The molecule has 0 bridgehead atoms. The Bertz CT molecular complexity index is 2240. The summed E-state index contributed by atoms with van der Waals surface area (Å²) >= 11 is 6.87. The van der Waals surface area contributed by atoms with Crippen molar-refractivity contribution in [3.63, 3.8) is 0 Å². The molecular weight excluding hydrogens is 514 g/mol. The van der Waals surface area contributed by atoms with Gasteiger partial charge < -0.3 is 4.42 Å². The second-order valence-corrected chi connectivity index (χ2v) is 10.2. The molecule has 0 fully saturated rings. The standard InChI is InChI=1S/C35H20ClN3O/c36-30-20-32-27(26-16-8-9-17-31(26)40-32)19-29(30)35-38-33(21-10-2-1-3-11-21)37-34(39-35)28-18-22-12-4-5-13-23(22)24-14-6-7-15-25(24)28/h1-20H. The van der Waals surface area contributed by atoms with E-state index in [-0.39, 0.29) is 0 Å². The van der Waals surface area contributed by atoms with Gasteiger partial charge in [0.05, 0.1) is 5.02 Å². The quantitative estimate of drug-likeness (QED) is 0.212. The van der Waals surface area contributed by atoms with Crippen LogP contribution in [0.1, 0.15) is 0 Å². The second kappa shape index (κ2) is 9.01. The Balaban J connectivity index is 1.43. The molecule has 2 heterocycles. The van der Waals surface area contributed by atoms with Gasteiger partial charge in [-0.05, 0) is 39.7 Å². The van der Waals surface area contributed by atoms with Crippen LogP contribution >= 0.6 is 11.6 Å². The molecule has 2 aromatic heterocycles. The number of benzene rings is 6. The van der Waals surface area contributed by atoms with E-state index in [1.54, 1.807) is 0 Å². The third-order valence-electron chi connectivity index (χ3n) is 7.38. The topological polar surface area (TPSA) is 51.8 Å². The summed E-state index contributed by atoms with van der Waals surface area (Å²) in [4.78, 5) is 15.0. The fourth-order valence-corrected chi connectivity index (χ4v) is 5.73. The van der Waals surface area contributed by atoms with Gasteiger partial charge in [0.1, 0.15) is 11.2 Å². The Morgan fingerprint density at radius 3 is 1.90 bits per heavy atom. The van der Waals surface area contributed by atoms with E-state index in [1.807, 2.05) is 66.7 Å².